The first-order valence-electron chi connectivity index (χ1n) is 12.8. The van der Waals surface area contributed by atoms with E-state index < -0.39 is 0 Å². The maximum atomic E-state index is 9.68. The van der Waals surface area contributed by atoms with Crippen molar-refractivity contribution in [2.75, 3.05) is 56.2 Å². The standard InChI is InChI=1S/C28H30N8O/c1-37-27-7-4-21(16-31-27)19-33-10-12-35(13-11-33)26-6-5-22(17-30-26)25-14-24(34-8-2-3-9-34)20-36-28(25)23(15-29)18-32-36/h4-7,14,16-18,20H,2-3,8-13,19H2,1H3. The Morgan fingerprint density at radius 1 is 0.919 bits per heavy atom. The summed E-state index contributed by atoms with van der Waals surface area (Å²) in [6.07, 6.45) is 9.92. The lowest BCUT2D eigenvalue weighted by atomic mass is 10.0. The van der Waals surface area contributed by atoms with E-state index in [4.69, 9.17) is 9.72 Å². The normalized spacial score (nSPS) is 16.3. The van der Waals surface area contributed by atoms with Crippen LogP contribution in [0.15, 0.2) is 55.1 Å². The number of pyridine rings is 3. The Bertz CT molecular complexity index is 1410. The van der Waals surface area contributed by atoms with Gasteiger partial charge in [-0.3, -0.25) is 4.90 Å². The monoisotopic (exact) mass is 494 g/mol. The Hall–Kier alpha value is -4.16. The van der Waals surface area contributed by atoms with E-state index in [1.165, 1.54) is 18.4 Å². The minimum absolute atomic E-state index is 0.579. The van der Waals surface area contributed by atoms with Crippen LogP contribution in [0.4, 0.5) is 11.5 Å². The molecule has 2 aliphatic rings. The molecule has 0 amide bonds. The van der Waals surface area contributed by atoms with Gasteiger partial charge in [0.25, 0.3) is 0 Å². The van der Waals surface area contributed by atoms with Crippen molar-refractivity contribution >= 4 is 17.0 Å². The molecule has 9 heteroatoms. The van der Waals surface area contributed by atoms with Gasteiger partial charge >= 0.3 is 0 Å². The van der Waals surface area contributed by atoms with Crippen LogP contribution in [0.5, 0.6) is 5.88 Å². The number of nitriles is 1. The maximum Gasteiger partial charge on any atom is 0.212 e. The van der Waals surface area contributed by atoms with E-state index in [2.05, 4.69) is 55.1 Å². The number of rotatable bonds is 6. The summed E-state index contributed by atoms with van der Waals surface area (Å²) in [5.74, 6) is 1.62. The number of piperazine rings is 1. The average molecular weight is 495 g/mol. The van der Waals surface area contributed by atoms with E-state index in [0.717, 1.165) is 74.0 Å². The van der Waals surface area contributed by atoms with Crippen molar-refractivity contribution in [2.24, 2.45) is 0 Å². The van der Waals surface area contributed by atoms with E-state index in [9.17, 15) is 5.26 Å². The topological polar surface area (TPSA) is 85.8 Å². The molecule has 4 aromatic rings. The number of aromatic nitrogens is 4. The van der Waals surface area contributed by atoms with Crippen LogP contribution >= 0.6 is 0 Å². The minimum Gasteiger partial charge on any atom is -0.481 e. The number of methoxy groups -OCH3 is 1. The summed E-state index contributed by atoms with van der Waals surface area (Å²) >= 11 is 0. The molecule has 4 aromatic heterocycles. The number of anilines is 2. The largest absolute Gasteiger partial charge is 0.481 e. The van der Waals surface area contributed by atoms with Gasteiger partial charge in [-0.1, -0.05) is 6.07 Å². The van der Waals surface area contributed by atoms with Gasteiger partial charge < -0.3 is 14.5 Å². The molecule has 2 fully saturated rings. The van der Waals surface area contributed by atoms with Gasteiger partial charge in [0, 0.05) is 75.4 Å². The van der Waals surface area contributed by atoms with Crippen LogP contribution < -0.4 is 14.5 Å². The summed E-state index contributed by atoms with van der Waals surface area (Å²) in [6, 6.07) is 12.7. The summed E-state index contributed by atoms with van der Waals surface area (Å²) < 4.78 is 7.00. The van der Waals surface area contributed by atoms with Crippen molar-refractivity contribution in [1.29, 1.82) is 5.26 Å². The highest BCUT2D eigenvalue weighted by atomic mass is 16.5. The van der Waals surface area contributed by atoms with E-state index in [1.807, 2.05) is 29.2 Å². The first-order valence-corrected chi connectivity index (χ1v) is 12.8. The van der Waals surface area contributed by atoms with Crippen molar-refractivity contribution < 1.29 is 4.74 Å². The van der Waals surface area contributed by atoms with Crippen molar-refractivity contribution in [3.8, 4) is 23.1 Å². The molecular formula is C28H30N8O. The molecule has 9 nitrogen and oxygen atoms in total. The number of hydrogen-bond donors (Lipinski definition) is 0. The summed E-state index contributed by atoms with van der Waals surface area (Å²) in [7, 11) is 1.63. The van der Waals surface area contributed by atoms with Crippen LogP contribution in [0.3, 0.4) is 0 Å². The van der Waals surface area contributed by atoms with Crippen LogP contribution in [-0.4, -0.2) is 70.9 Å². The average Bonchev–Trinajstić information content (AvgIpc) is 3.64. The van der Waals surface area contributed by atoms with E-state index in [-0.39, 0.29) is 0 Å². The van der Waals surface area contributed by atoms with Crippen molar-refractivity contribution in [2.45, 2.75) is 19.4 Å². The number of fused-ring (bicyclic) bond motifs is 1. The highest BCUT2D eigenvalue weighted by Gasteiger charge is 2.20. The van der Waals surface area contributed by atoms with E-state index in [1.54, 1.807) is 13.3 Å². The van der Waals surface area contributed by atoms with Crippen LogP contribution in [0.2, 0.25) is 0 Å². The van der Waals surface area contributed by atoms with E-state index in [0.29, 0.717) is 11.4 Å². The molecule has 188 valence electrons. The molecule has 0 bridgehead atoms. The number of nitrogens with zero attached hydrogens (tertiary/aromatic N) is 8. The lowest BCUT2D eigenvalue weighted by Crippen LogP contribution is -2.46. The fraction of sp³-hybridized carbons (Fsp3) is 0.357. The number of ether oxygens (including phenoxy) is 1. The Morgan fingerprint density at radius 2 is 1.76 bits per heavy atom. The Balaban J connectivity index is 1.18. The molecule has 0 N–H and O–H groups in total. The van der Waals surface area contributed by atoms with Gasteiger partial charge in [0.1, 0.15) is 11.9 Å². The third-order valence-electron chi connectivity index (χ3n) is 7.36. The molecule has 2 aliphatic heterocycles. The molecule has 0 saturated carbocycles. The van der Waals surface area contributed by atoms with Gasteiger partial charge in [-0.15, -0.1) is 0 Å². The smallest absolute Gasteiger partial charge is 0.212 e. The Labute approximate surface area is 216 Å². The molecule has 6 rings (SSSR count). The second-order valence-corrected chi connectivity index (χ2v) is 9.65. The number of hydrogen-bond acceptors (Lipinski definition) is 8. The molecule has 0 radical (unpaired) electrons. The van der Waals surface area contributed by atoms with Crippen LogP contribution in [0, 0.1) is 11.3 Å². The molecule has 2 saturated heterocycles. The van der Waals surface area contributed by atoms with Gasteiger partial charge in [0.2, 0.25) is 5.88 Å². The first kappa shape index (κ1) is 23.3. The van der Waals surface area contributed by atoms with Crippen molar-refractivity contribution in [3.63, 3.8) is 0 Å². The van der Waals surface area contributed by atoms with Gasteiger partial charge in [-0.25, -0.2) is 14.5 Å². The maximum absolute atomic E-state index is 9.68. The van der Waals surface area contributed by atoms with E-state index >= 15 is 0 Å². The summed E-state index contributed by atoms with van der Waals surface area (Å²) in [6.45, 7) is 6.76. The summed E-state index contributed by atoms with van der Waals surface area (Å²) in [5.41, 5.74) is 5.74. The molecule has 37 heavy (non-hydrogen) atoms. The van der Waals surface area contributed by atoms with Crippen LogP contribution in [-0.2, 0) is 6.54 Å². The fourth-order valence-electron chi connectivity index (χ4n) is 5.31. The Morgan fingerprint density at radius 3 is 2.43 bits per heavy atom. The highest BCUT2D eigenvalue weighted by molar-refractivity contribution is 5.86. The molecule has 0 atom stereocenters. The molecule has 0 aliphatic carbocycles. The van der Waals surface area contributed by atoms with Gasteiger partial charge in [0.05, 0.1) is 36.3 Å². The predicted molar refractivity (Wildman–Crippen MR) is 143 cm³/mol. The zero-order valence-corrected chi connectivity index (χ0v) is 21.0. The second-order valence-electron chi connectivity index (χ2n) is 9.65. The third-order valence-corrected chi connectivity index (χ3v) is 7.36. The van der Waals surface area contributed by atoms with Gasteiger partial charge in [0.15, 0.2) is 0 Å². The zero-order chi connectivity index (χ0) is 25.2. The highest BCUT2D eigenvalue weighted by Crippen LogP contribution is 2.33. The molecule has 6 heterocycles. The molecular weight excluding hydrogens is 464 g/mol. The SMILES string of the molecule is COc1ccc(CN2CCN(c3ccc(-c4cc(N5CCCC5)cn5ncc(C#N)c45)cn3)CC2)cn1. The molecule has 0 unspecified atom stereocenters. The zero-order valence-electron chi connectivity index (χ0n) is 21.0. The molecule has 0 spiro atoms. The summed E-state index contributed by atoms with van der Waals surface area (Å²) in [4.78, 5) is 16.3. The minimum atomic E-state index is 0.579. The molecule has 0 aromatic carbocycles. The lowest BCUT2D eigenvalue weighted by molar-refractivity contribution is 0.249. The second kappa shape index (κ2) is 10.1. The van der Waals surface area contributed by atoms with Gasteiger partial charge in [-0.2, -0.15) is 10.4 Å². The first-order chi connectivity index (χ1) is 18.2. The van der Waals surface area contributed by atoms with Crippen LogP contribution in [0.1, 0.15) is 24.0 Å². The van der Waals surface area contributed by atoms with Gasteiger partial charge in [-0.05, 0) is 36.6 Å². The third kappa shape index (κ3) is 4.68. The quantitative estimate of drug-likeness (QED) is 0.402. The summed E-state index contributed by atoms with van der Waals surface area (Å²) in [5, 5.41) is 14.1. The lowest BCUT2D eigenvalue weighted by Gasteiger charge is -2.35. The van der Waals surface area contributed by atoms with Crippen molar-refractivity contribution in [3.05, 3.63) is 66.2 Å². The fourth-order valence-corrected chi connectivity index (χ4v) is 5.31. The predicted octanol–water partition coefficient (Wildman–Crippen LogP) is 3.59. The van der Waals surface area contributed by atoms with Crippen molar-refractivity contribution in [1.82, 2.24) is 24.5 Å². The Kier molecular flexibility index (Phi) is 6.33. The van der Waals surface area contributed by atoms with Crippen LogP contribution in [0.25, 0.3) is 16.6 Å².